The molecule has 4 nitrogen and oxygen atoms in total. The molecule has 0 atom stereocenters. The number of nitrogens with zero attached hydrogens (tertiary/aromatic N) is 1. The number of hydrogen-bond acceptors (Lipinski definition) is 3. The number of halogens is 1. The van der Waals surface area contributed by atoms with Crippen molar-refractivity contribution in [2.45, 2.75) is 32.9 Å². The number of hydrogen-bond donors (Lipinski definition) is 2. The molecule has 3 aromatic rings. The Hall–Kier alpha value is -1.59. The highest BCUT2D eigenvalue weighted by molar-refractivity contribution is 9.10. The third-order valence-electron chi connectivity index (χ3n) is 3.25. The largest absolute Gasteiger partial charge is 0.454 e. The van der Waals surface area contributed by atoms with Crippen LogP contribution in [-0.4, -0.2) is 15.7 Å². The molecule has 0 radical (unpaired) electrons. The van der Waals surface area contributed by atoms with Gasteiger partial charge in [-0.05, 0) is 45.0 Å². The zero-order chi connectivity index (χ0) is 15.0. The fourth-order valence-electron chi connectivity index (χ4n) is 2.16. The first kappa shape index (κ1) is 14.4. The van der Waals surface area contributed by atoms with Gasteiger partial charge >= 0.3 is 0 Å². The van der Waals surface area contributed by atoms with Gasteiger partial charge in [-0.2, -0.15) is 5.10 Å². The predicted molar refractivity (Wildman–Crippen MR) is 88.1 cm³/mol. The lowest BCUT2D eigenvalue weighted by Crippen LogP contribution is -2.35. The number of aromatic amines is 1. The van der Waals surface area contributed by atoms with Gasteiger partial charge < -0.3 is 9.73 Å². The molecular formula is C16H18BrN3O. The van der Waals surface area contributed by atoms with Gasteiger partial charge in [0.05, 0.1) is 6.20 Å². The Morgan fingerprint density at radius 3 is 2.86 bits per heavy atom. The lowest BCUT2D eigenvalue weighted by Gasteiger charge is -2.20. The van der Waals surface area contributed by atoms with Gasteiger partial charge in [-0.1, -0.05) is 15.9 Å². The van der Waals surface area contributed by atoms with Gasteiger partial charge in [0.25, 0.3) is 0 Å². The molecule has 2 heterocycles. The van der Waals surface area contributed by atoms with Crippen LogP contribution >= 0.6 is 15.9 Å². The third-order valence-corrected chi connectivity index (χ3v) is 3.75. The number of rotatable bonds is 3. The van der Waals surface area contributed by atoms with E-state index in [4.69, 9.17) is 4.42 Å². The van der Waals surface area contributed by atoms with E-state index in [2.05, 4.69) is 52.2 Å². The first-order chi connectivity index (χ1) is 9.92. The number of furan rings is 1. The van der Waals surface area contributed by atoms with E-state index in [-0.39, 0.29) is 5.54 Å². The Kier molecular flexibility index (Phi) is 3.63. The smallest absolute Gasteiger partial charge is 0.153 e. The van der Waals surface area contributed by atoms with E-state index in [0.717, 1.165) is 39.0 Å². The summed E-state index contributed by atoms with van der Waals surface area (Å²) in [5.41, 5.74) is 2.97. The highest BCUT2D eigenvalue weighted by Crippen LogP contribution is 2.30. The van der Waals surface area contributed by atoms with Crippen molar-refractivity contribution < 1.29 is 4.42 Å². The summed E-state index contributed by atoms with van der Waals surface area (Å²) in [5, 5.41) is 11.7. The molecular weight excluding hydrogens is 330 g/mol. The summed E-state index contributed by atoms with van der Waals surface area (Å²) in [6, 6.07) is 8.02. The maximum Gasteiger partial charge on any atom is 0.153 e. The Morgan fingerprint density at radius 2 is 2.10 bits per heavy atom. The minimum atomic E-state index is 0.0628. The van der Waals surface area contributed by atoms with Gasteiger partial charge in [-0.25, -0.2) is 0 Å². The van der Waals surface area contributed by atoms with E-state index in [1.807, 2.05) is 30.5 Å². The summed E-state index contributed by atoms with van der Waals surface area (Å²) in [6.45, 7) is 7.18. The van der Waals surface area contributed by atoms with E-state index >= 15 is 0 Å². The molecule has 3 rings (SSSR count). The molecule has 5 heteroatoms. The fourth-order valence-corrected chi connectivity index (χ4v) is 2.54. The molecule has 0 amide bonds. The van der Waals surface area contributed by atoms with Crippen molar-refractivity contribution in [1.82, 2.24) is 15.5 Å². The maximum absolute atomic E-state index is 5.92. The molecule has 0 unspecified atom stereocenters. The minimum absolute atomic E-state index is 0.0628. The third kappa shape index (κ3) is 3.19. The Morgan fingerprint density at radius 1 is 1.29 bits per heavy atom. The molecule has 0 aliphatic heterocycles. The van der Waals surface area contributed by atoms with Crippen molar-refractivity contribution >= 4 is 26.9 Å². The highest BCUT2D eigenvalue weighted by Gasteiger charge is 2.15. The van der Waals surface area contributed by atoms with Crippen LogP contribution in [0.4, 0.5) is 0 Å². The first-order valence-electron chi connectivity index (χ1n) is 6.89. The van der Waals surface area contributed by atoms with Crippen molar-refractivity contribution in [2.75, 3.05) is 0 Å². The molecule has 0 saturated heterocycles. The van der Waals surface area contributed by atoms with Crippen LogP contribution in [0.25, 0.3) is 22.4 Å². The van der Waals surface area contributed by atoms with Crippen LogP contribution in [0.2, 0.25) is 0 Å². The number of H-pyrrole nitrogens is 1. The van der Waals surface area contributed by atoms with Crippen LogP contribution in [0.5, 0.6) is 0 Å². The summed E-state index contributed by atoms with van der Waals surface area (Å²) < 4.78 is 6.96. The molecule has 21 heavy (non-hydrogen) atoms. The zero-order valence-electron chi connectivity index (χ0n) is 12.3. The number of aromatic nitrogens is 2. The van der Waals surface area contributed by atoms with Gasteiger partial charge in [0.2, 0.25) is 0 Å². The Bertz CT molecular complexity index is 767. The van der Waals surface area contributed by atoms with Crippen LogP contribution in [0.3, 0.4) is 0 Å². The highest BCUT2D eigenvalue weighted by atomic mass is 79.9. The minimum Gasteiger partial charge on any atom is -0.454 e. The second-order valence-electron chi connectivity index (χ2n) is 6.17. The Balaban J connectivity index is 1.94. The first-order valence-corrected chi connectivity index (χ1v) is 7.68. The molecule has 0 aliphatic carbocycles. The monoisotopic (exact) mass is 347 g/mol. The number of benzene rings is 1. The number of fused-ring (bicyclic) bond motifs is 1. The average Bonchev–Trinajstić information content (AvgIpc) is 3.00. The molecule has 2 aromatic heterocycles. The van der Waals surface area contributed by atoms with Gasteiger partial charge in [-0.15, -0.1) is 0 Å². The van der Waals surface area contributed by atoms with E-state index in [1.54, 1.807) is 0 Å². The van der Waals surface area contributed by atoms with E-state index in [1.165, 1.54) is 0 Å². The van der Waals surface area contributed by atoms with Gasteiger partial charge in [-0.3, -0.25) is 5.10 Å². The van der Waals surface area contributed by atoms with Crippen LogP contribution in [0, 0.1) is 0 Å². The van der Waals surface area contributed by atoms with Gasteiger partial charge in [0, 0.05) is 27.5 Å². The normalized spacial score (nSPS) is 12.2. The van der Waals surface area contributed by atoms with Crippen molar-refractivity contribution in [3.63, 3.8) is 0 Å². The summed E-state index contributed by atoms with van der Waals surface area (Å²) in [5.74, 6) is 0.811. The van der Waals surface area contributed by atoms with Crippen LogP contribution in [0.15, 0.2) is 39.4 Å². The van der Waals surface area contributed by atoms with Crippen LogP contribution in [-0.2, 0) is 6.54 Å². The van der Waals surface area contributed by atoms with Crippen molar-refractivity contribution in [1.29, 1.82) is 0 Å². The zero-order valence-corrected chi connectivity index (χ0v) is 13.9. The summed E-state index contributed by atoms with van der Waals surface area (Å²) in [4.78, 5) is 0. The molecule has 0 aliphatic rings. The predicted octanol–water partition coefficient (Wildman–Crippen LogP) is 4.47. The van der Waals surface area contributed by atoms with Crippen molar-refractivity contribution in [2.24, 2.45) is 0 Å². The van der Waals surface area contributed by atoms with Gasteiger partial charge in [0.1, 0.15) is 11.3 Å². The summed E-state index contributed by atoms with van der Waals surface area (Å²) in [6.07, 6.45) is 1.84. The molecule has 2 N–H and O–H groups in total. The standard InChI is InChI=1S/C16H18BrN3O/c1-16(2,3)18-8-11-9-19-20-15(11)14-7-10-6-12(17)4-5-13(10)21-14/h4-7,9,18H,8H2,1-3H3,(H,19,20). The molecule has 1 aromatic carbocycles. The van der Waals surface area contributed by atoms with E-state index in [0.29, 0.717) is 0 Å². The molecule has 110 valence electrons. The molecule has 0 fully saturated rings. The Labute approximate surface area is 132 Å². The van der Waals surface area contributed by atoms with Crippen molar-refractivity contribution in [3.8, 4) is 11.5 Å². The van der Waals surface area contributed by atoms with E-state index < -0.39 is 0 Å². The second-order valence-corrected chi connectivity index (χ2v) is 7.08. The van der Waals surface area contributed by atoms with Gasteiger partial charge in [0.15, 0.2) is 5.76 Å². The lowest BCUT2D eigenvalue weighted by molar-refractivity contribution is 0.424. The molecule has 0 spiro atoms. The van der Waals surface area contributed by atoms with Crippen LogP contribution < -0.4 is 5.32 Å². The SMILES string of the molecule is CC(C)(C)NCc1cn[nH]c1-c1cc2cc(Br)ccc2o1. The number of nitrogens with one attached hydrogen (secondary N) is 2. The van der Waals surface area contributed by atoms with Crippen molar-refractivity contribution in [3.05, 3.63) is 40.5 Å². The lowest BCUT2D eigenvalue weighted by atomic mass is 10.1. The maximum atomic E-state index is 5.92. The molecule has 0 bridgehead atoms. The second kappa shape index (κ2) is 5.31. The van der Waals surface area contributed by atoms with E-state index in [9.17, 15) is 0 Å². The average molecular weight is 348 g/mol. The fraction of sp³-hybridized carbons (Fsp3) is 0.312. The summed E-state index contributed by atoms with van der Waals surface area (Å²) >= 11 is 3.48. The summed E-state index contributed by atoms with van der Waals surface area (Å²) in [7, 11) is 0. The topological polar surface area (TPSA) is 53.9 Å². The molecule has 0 saturated carbocycles. The quantitative estimate of drug-likeness (QED) is 0.734. The van der Waals surface area contributed by atoms with Crippen LogP contribution in [0.1, 0.15) is 26.3 Å².